The summed E-state index contributed by atoms with van der Waals surface area (Å²) < 4.78 is 53.9. The molecule has 7 nitrogen and oxygen atoms in total. The maximum Gasteiger partial charge on any atom is 0.240 e. The molecule has 1 aromatic rings. The van der Waals surface area contributed by atoms with Gasteiger partial charge in [-0.05, 0) is 30.7 Å². The maximum atomic E-state index is 11.9. The van der Waals surface area contributed by atoms with Gasteiger partial charge in [0.05, 0.1) is 23.0 Å². The van der Waals surface area contributed by atoms with Crippen molar-refractivity contribution in [2.45, 2.75) is 16.2 Å². The van der Waals surface area contributed by atoms with E-state index in [0.29, 0.717) is 13.0 Å². The van der Waals surface area contributed by atoms with Crippen LogP contribution in [-0.4, -0.2) is 54.6 Å². The van der Waals surface area contributed by atoms with Gasteiger partial charge in [0.2, 0.25) is 10.0 Å². The number of ether oxygens (including phenoxy) is 1. The summed E-state index contributed by atoms with van der Waals surface area (Å²) in [5.41, 5.74) is 0. The molecule has 0 amide bonds. The molecule has 0 saturated carbocycles. The first kappa shape index (κ1) is 18.1. The van der Waals surface area contributed by atoms with Crippen molar-refractivity contribution in [2.24, 2.45) is 0 Å². The number of sulfone groups is 1. The highest BCUT2D eigenvalue weighted by Gasteiger charge is 2.14. The van der Waals surface area contributed by atoms with E-state index in [-0.39, 0.29) is 29.5 Å². The smallest absolute Gasteiger partial charge is 0.240 e. The molecule has 2 N–H and O–H groups in total. The van der Waals surface area contributed by atoms with Crippen molar-refractivity contribution in [2.75, 3.05) is 32.6 Å². The molecule has 0 unspecified atom stereocenters. The van der Waals surface area contributed by atoms with Gasteiger partial charge in [-0.2, -0.15) is 0 Å². The summed E-state index contributed by atoms with van der Waals surface area (Å²) in [6, 6.07) is 5.02. The highest BCUT2D eigenvalue weighted by atomic mass is 32.2. The van der Waals surface area contributed by atoms with E-state index in [9.17, 15) is 16.8 Å². The number of aliphatic hydroxyl groups is 1. The van der Waals surface area contributed by atoms with Crippen molar-refractivity contribution in [3.05, 3.63) is 24.3 Å². The van der Waals surface area contributed by atoms with Crippen molar-refractivity contribution < 1.29 is 26.7 Å². The van der Waals surface area contributed by atoms with E-state index in [0.717, 1.165) is 6.26 Å². The average Bonchev–Trinajstić information content (AvgIpc) is 2.42. The number of nitrogens with one attached hydrogen (secondary N) is 1. The zero-order valence-electron chi connectivity index (χ0n) is 11.6. The first-order chi connectivity index (χ1) is 9.77. The van der Waals surface area contributed by atoms with Gasteiger partial charge < -0.3 is 9.84 Å². The van der Waals surface area contributed by atoms with Gasteiger partial charge in [-0.1, -0.05) is 0 Å². The van der Waals surface area contributed by atoms with Crippen molar-refractivity contribution in [1.82, 2.24) is 4.72 Å². The van der Waals surface area contributed by atoms with Crippen LogP contribution in [0.15, 0.2) is 34.1 Å². The monoisotopic (exact) mass is 337 g/mol. The molecule has 0 aliphatic rings. The molecule has 0 saturated heterocycles. The molecule has 120 valence electrons. The van der Waals surface area contributed by atoms with Crippen molar-refractivity contribution in [1.29, 1.82) is 0 Å². The molecule has 0 spiro atoms. The Bertz CT molecular complexity index is 637. The first-order valence-corrected chi connectivity index (χ1v) is 9.63. The van der Waals surface area contributed by atoms with E-state index in [1.54, 1.807) is 0 Å². The molecule has 0 fully saturated rings. The molecule has 0 radical (unpaired) electrons. The number of rotatable bonds is 9. The predicted molar refractivity (Wildman–Crippen MR) is 77.3 cm³/mol. The summed E-state index contributed by atoms with van der Waals surface area (Å²) in [5, 5.41) is 8.50. The number of aliphatic hydroxyl groups excluding tert-OH is 1. The zero-order chi connectivity index (χ0) is 15.9. The summed E-state index contributed by atoms with van der Waals surface area (Å²) in [6.07, 6.45) is 1.53. The average molecular weight is 337 g/mol. The van der Waals surface area contributed by atoms with Crippen LogP contribution >= 0.6 is 0 Å². The molecule has 0 bridgehead atoms. The minimum atomic E-state index is -3.67. The second kappa shape index (κ2) is 7.85. The zero-order valence-corrected chi connectivity index (χ0v) is 13.3. The topological polar surface area (TPSA) is 110 Å². The molecular formula is C12H19NO6S2. The molecule has 0 heterocycles. The fraction of sp³-hybridized carbons (Fsp3) is 0.500. The molecule has 0 aliphatic heterocycles. The Balaban J connectivity index is 2.58. The van der Waals surface area contributed by atoms with Gasteiger partial charge in [0.15, 0.2) is 9.84 Å². The molecule has 1 aromatic carbocycles. The molecule has 9 heteroatoms. The SMILES string of the molecule is CS(=O)(=O)c1ccc(S(=O)(=O)NCCCOCCO)cc1. The third kappa shape index (κ3) is 6.10. The minimum Gasteiger partial charge on any atom is -0.394 e. The number of sulfonamides is 1. The maximum absolute atomic E-state index is 11.9. The summed E-state index contributed by atoms with van der Waals surface area (Å²) in [7, 11) is -7.01. The lowest BCUT2D eigenvalue weighted by atomic mass is 10.4. The molecule has 0 aliphatic carbocycles. The second-order valence-electron chi connectivity index (χ2n) is 4.33. The van der Waals surface area contributed by atoms with E-state index < -0.39 is 19.9 Å². The van der Waals surface area contributed by atoms with Crippen LogP contribution in [0.5, 0.6) is 0 Å². The number of benzene rings is 1. The number of hydrogen-bond donors (Lipinski definition) is 2. The van der Waals surface area contributed by atoms with Gasteiger partial charge in [-0.3, -0.25) is 0 Å². The van der Waals surface area contributed by atoms with E-state index >= 15 is 0 Å². The van der Waals surface area contributed by atoms with Crippen molar-refractivity contribution in [3.8, 4) is 0 Å². The summed E-state index contributed by atoms with van der Waals surface area (Å²) in [5.74, 6) is 0. The Labute approximate surface area is 124 Å². The second-order valence-corrected chi connectivity index (χ2v) is 8.11. The molecule has 0 atom stereocenters. The minimum absolute atomic E-state index is 0.00572. The highest BCUT2D eigenvalue weighted by Crippen LogP contribution is 2.14. The van der Waals surface area contributed by atoms with Crippen LogP contribution in [0.4, 0.5) is 0 Å². The van der Waals surface area contributed by atoms with Gasteiger partial charge in [0.1, 0.15) is 0 Å². The van der Waals surface area contributed by atoms with Crippen molar-refractivity contribution in [3.63, 3.8) is 0 Å². The van der Waals surface area contributed by atoms with Crippen LogP contribution in [-0.2, 0) is 24.6 Å². The van der Waals surface area contributed by atoms with Gasteiger partial charge in [0.25, 0.3) is 0 Å². The van der Waals surface area contributed by atoms with Crippen LogP contribution in [0.1, 0.15) is 6.42 Å². The lowest BCUT2D eigenvalue weighted by Crippen LogP contribution is -2.25. The van der Waals surface area contributed by atoms with Crippen LogP contribution in [0, 0.1) is 0 Å². The van der Waals surface area contributed by atoms with Gasteiger partial charge >= 0.3 is 0 Å². The van der Waals surface area contributed by atoms with Gasteiger partial charge in [-0.25, -0.2) is 21.6 Å². The summed E-state index contributed by atoms with van der Waals surface area (Å²) >= 11 is 0. The largest absolute Gasteiger partial charge is 0.394 e. The Hall–Kier alpha value is -1.00. The molecule has 1 rings (SSSR count). The fourth-order valence-electron chi connectivity index (χ4n) is 1.50. The van der Waals surface area contributed by atoms with Crippen LogP contribution < -0.4 is 4.72 Å². The molecular weight excluding hydrogens is 318 g/mol. The summed E-state index contributed by atoms with van der Waals surface area (Å²) in [4.78, 5) is 0.0741. The summed E-state index contributed by atoms with van der Waals surface area (Å²) in [6.45, 7) is 0.690. The molecule has 21 heavy (non-hydrogen) atoms. The Morgan fingerprint density at radius 2 is 1.62 bits per heavy atom. The van der Waals surface area contributed by atoms with Crippen LogP contribution in [0.3, 0.4) is 0 Å². The number of hydrogen-bond acceptors (Lipinski definition) is 6. The van der Waals surface area contributed by atoms with Crippen LogP contribution in [0.25, 0.3) is 0 Å². The Kier molecular flexibility index (Phi) is 6.75. The normalized spacial score (nSPS) is 12.5. The van der Waals surface area contributed by atoms with E-state index in [1.807, 2.05) is 0 Å². The lowest BCUT2D eigenvalue weighted by molar-refractivity contribution is 0.0913. The lowest BCUT2D eigenvalue weighted by Gasteiger charge is -2.07. The third-order valence-corrected chi connectivity index (χ3v) is 5.16. The Morgan fingerprint density at radius 1 is 1.05 bits per heavy atom. The standard InChI is InChI=1S/C12H19NO6S2/c1-20(15,16)11-3-5-12(6-4-11)21(17,18)13-7-2-9-19-10-8-14/h3-6,13-14H,2,7-10H2,1H3. The predicted octanol–water partition coefficient (Wildman–Crippen LogP) is -0.233. The van der Waals surface area contributed by atoms with Crippen molar-refractivity contribution >= 4 is 19.9 Å². The van der Waals surface area contributed by atoms with E-state index in [2.05, 4.69) is 4.72 Å². The third-order valence-electron chi connectivity index (χ3n) is 2.56. The fourth-order valence-corrected chi connectivity index (χ4v) is 3.20. The van der Waals surface area contributed by atoms with E-state index in [4.69, 9.17) is 9.84 Å². The first-order valence-electron chi connectivity index (χ1n) is 6.26. The Morgan fingerprint density at radius 3 is 2.14 bits per heavy atom. The highest BCUT2D eigenvalue weighted by molar-refractivity contribution is 7.90. The van der Waals surface area contributed by atoms with Gasteiger partial charge in [0, 0.05) is 19.4 Å². The quantitative estimate of drug-likeness (QED) is 0.602. The molecule has 0 aromatic heterocycles. The van der Waals surface area contributed by atoms with E-state index in [1.165, 1.54) is 24.3 Å². The van der Waals surface area contributed by atoms with Crippen LogP contribution in [0.2, 0.25) is 0 Å². The van der Waals surface area contributed by atoms with Gasteiger partial charge in [-0.15, -0.1) is 0 Å².